The highest BCUT2D eigenvalue weighted by Gasteiger charge is 2.26. The van der Waals surface area contributed by atoms with E-state index < -0.39 is 7.29 Å². The summed E-state index contributed by atoms with van der Waals surface area (Å²) in [4.78, 5) is 0. The lowest BCUT2D eigenvalue weighted by Crippen LogP contribution is -2.06. The van der Waals surface area contributed by atoms with E-state index in [0.717, 1.165) is 11.1 Å². The molecule has 1 aliphatic rings. The maximum Gasteiger partial charge on any atom is 0.235 e. The molecule has 31 heavy (non-hydrogen) atoms. The average Bonchev–Trinajstić information content (AvgIpc) is 2.81. The topological polar surface area (TPSA) is 80.2 Å². The summed E-state index contributed by atoms with van der Waals surface area (Å²) in [7, 11) is -1.73. The van der Waals surface area contributed by atoms with Gasteiger partial charge < -0.3 is 14.6 Å². The Bertz CT molecular complexity index is 1150. The second kappa shape index (κ2) is 8.94. The van der Waals surface area contributed by atoms with Crippen molar-refractivity contribution in [3.63, 3.8) is 0 Å². The zero-order valence-corrected chi connectivity index (χ0v) is 17.7. The molecule has 0 bridgehead atoms. The molecule has 0 spiro atoms. The third-order valence-electron chi connectivity index (χ3n) is 4.59. The predicted octanol–water partition coefficient (Wildman–Crippen LogP) is 5.63. The number of aromatic hydroxyl groups is 1. The summed E-state index contributed by atoms with van der Waals surface area (Å²) in [6.07, 6.45) is 1.52. The van der Waals surface area contributed by atoms with Crippen LogP contribution >= 0.6 is 7.29 Å². The van der Waals surface area contributed by atoms with Crippen molar-refractivity contribution in [2.75, 3.05) is 7.11 Å². The van der Waals surface area contributed by atoms with Crippen LogP contribution in [-0.4, -0.2) is 18.4 Å². The average molecular weight is 432 g/mol. The molecule has 1 aliphatic heterocycles. The van der Waals surface area contributed by atoms with Crippen molar-refractivity contribution in [2.45, 2.75) is 0 Å². The number of benzene rings is 3. The molecule has 0 aliphatic carbocycles. The van der Waals surface area contributed by atoms with Gasteiger partial charge in [0.2, 0.25) is 7.29 Å². The van der Waals surface area contributed by atoms with Gasteiger partial charge in [-0.05, 0) is 23.8 Å². The van der Waals surface area contributed by atoms with Gasteiger partial charge in [0.05, 0.1) is 13.3 Å². The number of methoxy groups -OCH3 is 1. The van der Waals surface area contributed by atoms with Crippen molar-refractivity contribution < 1.29 is 19.1 Å². The fourth-order valence-corrected chi connectivity index (χ4v) is 4.58. The second-order valence-corrected chi connectivity index (χ2v) is 8.95. The molecular weight excluding hydrogens is 411 g/mol. The summed E-state index contributed by atoms with van der Waals surface area (Å²) in [5.41, 5.74) is 2.32. The van der Waals surface area contributed by atoms with Crippen LogP contribution in [0.3, 0.4) is 0 Å². The quantitative estimate of drug-likeness (QED) is 0.300. The Balaban J connectivity index is 1.65. The Morgan fingerprint density at radius 3 is 2.06 bits per heavy atom. The van der Waals surface area contributed by atoms with E-state index in [4.69, 9.17) is 9.47 Å². The van der Waals surface area contributed by atoms with Crippen LogP contribution in [0.15, 0.2) is 95.6 Å². The molecule has 7 heteroatoms. The molecule has 2 N–H and O–H groups in total. The molecule has 6 nitrogen and oxygen atoms in total. The molecule has 0 radical (unpaired) electrons. The molecule has 0 unspecified atom stereocenters. The fraction of sp³-hybridized carbons (Fsp3) is 0.0417. The van der Waals surface area contributed by atoms with Crippen molar-refractivity contribution in [1.82, 2.24) is 5.20 Å². The second-order valence-electron chi connectivity index (χ2n) is 6.82. The Labute approximate surface area is 180 Å². The van der Waals surface area contributed by atoms with Gasteiger partial charge in [0.25, 0.3) is 0 Å². The predicted molar refractivity (Wildman–Crippen MR) is 123 cm³/mol. The summed E-state index contributed by atoms with van der Waals surface area (Å²) >= 11 is 0. The zero-order valence-electron chi connectivity index (χ0n) is 16.8. The number of ether oxygens (including phenoxy) is 2. The van der Waals surface area contributed by atoms with E-state index in [1.54, 1.807) is 23.8 Å². The molecule has 0 atom stereocenters. The van der Waals surface area contributed by atoms with Crippen LogP contribution in [0.1, 0.15) is 16.7 Å². The van der Waals surface area contributed by atoms with Crippen molar-refractivity contribution in [1.29, 1.82) is 0 Å². The van der Waals surface area contributed by atoms with Crippen LogP contribution < -0.4 is 9.93 Å². The van der Waals surface area contributed by atoms with Crippen LogP contribution in [-0.2, 0) is 9.30 Å². The smallest absolute Gasteiger partial charge is 0.235 e. The number of hydrogen-bond donors (Lipinski definition) is 2. The SMILES string of the molecule is COc1cc(/C=N/NP2(=O)C=C(c3ccccc3)OC(c3ccccc3)=C2)ccc1O. The van der Waals surface area contributed by atoms with E-state index >= 15 is 0 Å². The minimum absolute atomic E-state index is 0.0377. The Hall–Kier alpha value is -3.76. The molecule has 0 aromatic heterocycles. The molecule has 3 aromatic carbocycles. The van der Waals surface area contributed by atoms with Crippen molar-refractivity contribution in [3.05, 3.63) is 107 Å². The summed E-state index contributed by atoms with van der Waals surface area (Å²) < 4.78 is 24.8. The van der Waals surface area contributed by atoms with Gasteiger partial charge in [-0.1, -0.05) is 60.7 Å². The molecule has 0 saturated carbocycles. The first-order valence-corrected chi connectivity index (χ1v) is 11.4. The van der Waals surface area contributed by atoms with Gasteiger partial charge in [0.1, 0.15) is 11.5 Å². The van der Waals surface area contributed by atoms with Crippen molar-refractivity contribution in [2.24, 2.45) is 5.10 Å². The first kappa shape index (κ1) is 20.5. The number of rotatable bonds is 6. The van der Waals surface area contributed by atoms with Crippen LogP contribution in [0.25, 0.3) is 11.5 Å². The van der Waals surface area contributed by atoms with E-state index in [2.05, 4.69) is 10.3 Å². The molecule has 0 amide bonds. The maximum atomic E-state index is 13.6. The maximum absolute atomic E-state index is 13.6. The fourth-order valence-electron chi connectivity index (χ4n) is 3.05. The Morgan fingerprint density at radius 2 is 1.52 bits per heavy atom. The largest absolute Gasteiger partial charge is 0.504 e. The van der Waals surface area contributed by atoms with Gasteiger partial charge in [0.15, 0.2) is 11.5 Å². The number of nitrogens with one attached hydrogen (secondary N) is 1. The van der Waals surface area contributed by atoms with Gasteiger partial charge in [-0.2, -0.15) is 5.10 Å². The van der Waals surface area contributed by atoms with E-state index in [-0.39, 0.29) is 5.75 Å². The van der Waals surface area contributed by atoms with Crippen molar-refractivity contribution >= 4 is 25.0 Å². The number of hydrogen-bond acceptors (Lipinski definition) is 5. The lowest BCUT2D eigenvalue weighted by atomic mass is 10.2. The highest BCUT2D eigenvalue weighted by atomic mass is 31.2. The monoisotopic (exact) mass is 432 g/mol. The van der Waals surface area contributed by atoms with E-state index in [9.17, 15) is 9.67 Å². The first-order chi connectivity index (χ1) is 15.1. The third kappa shape index (κ3) is 4.87. The van der Waals surface area contributed by atoms with Gasteiger partial charge in [0, 0.05) is 22.8 Å². The lowest BCUT2D eigenvalue weighted by molar-refractivity contribution is 0.373. The molecule has 4 rings (SSSR count). The normalized spacial score (nSPS) is 15.0. The van der Waals surface area contributed by atoms with Crippen LogP contribution in [0.4, 0.5) is 0 Å². The summed E-state index contributed by atoms with van der Waals surface area (Å²) in [6, 6.07) is 23.8. The molecule has 3 aromatic rings. The van der Waals surface area contributed by atoms with Crippen LogP contribution in [0.2, 0.25) is 0 Å². The zero-order chi connectivity index (χ0) is 21.7. The highest BCUT2D eigenvalue weighted by molar-refractivity contribution is 7.68. The number of nitrogens with zero attached hydrogens (tertiary/aromatic N) is 1. The number of phenols is 1. The molecular formula is C24H21N2O4P. The van der Waals surface area contributed by atoms with Gasteiger partial charge in [-0.3, -0.25) is 9.76 Å². The minimum Gasteiger partial charge on any atom is -0.504 e. The van der Waals surface area contributed by atoms with Crippen LogP contribution in [0, 0.1) is 0 Å². The molecule has 1 heterocycles. The standard InChI is InChI=1S/C24H21N2O4P/c1-29-22-14-18(12-13-21(22)27)15-25-26-31(28)16-23(19-8-4-2-5-9-19)30-24(17-31)20-10-6-3-7-11-20/h2-17,27H,1H3,(H,26,28)/b25-15+. The minimum atomic E-state index is -3.20. The molecule has 156 valence electrons. The van der Waals surface area contributed by atoms with Crippen LogP contribution in [0.5, 0.6) is 11.5 Å². The van der Waals surface area contributed by atoms with E-state index in [1.807, 2.05) is 60.7 Å². The highest BCUT2D eigenvalue weighted by Crippen LogP contribution is 2.53. The van der Waals surface area contributed by atoms with Gasteiger partial charge in [-0.15, -0.1) is 0 Å². The Morgan fingerprint density at radius 1 is 0.935 bits per heavy atom. The molecule has 0 saturated heterocycles. The summed E-state index contributed by atoms with van der Waals surface area (Å²) in [6.45, 7) is 0. The number of hydrazone groups is 1. The van der Waals surface area contributed by atoms with Gasteiger partial charge >= 0.3 is 0 Å². The summed E-state index contributed by atoms with van der Waals surface area (Å²) in [5.74, 6) is 4.51. The first-order valence-electron chi connectivity index (χ1n) is 9.57. The Kier molecular flexibility index (Phi) is 5.92. The summed E-state index contributed by atoms with van der Waals surface area (Å²) in [5, 5.41) is 16.7. The van der Waals surface area contributed by atoms with Crippen molar-refractivity contribution in [3.8, 4) is 11.5 Å². The van der Waals surface area contributed by atoms with E-state index in [1.165, 1.54) is 19.4 Å². The molecule has 0 fully saturated rings. The van der Waals surface area contributed by atoms with E-state index in [0.29, 0.717) is 22.8 Å². The number of phenolic OH excluding ortho intramolecular Hbond substituents is 1. The third-order valence-corrected chi connectivity index (χ3v) is 6.25. The van der Waals surface area contributed by atoms with Gasteiger partial charge in [-0.25, -0.2) is 0 Å². The lowest BCUT2D eigenvalue weighted by Gasteiger charge is -2.22.